The van der Waals surface area contributed by atoms with Crippen molar-refractivity contribution in [3.05, 3.63) is 81.7 Å². The topological polar surface area (TPSA) is 92.8 Å². The van der Waals surface area contributed by atoms with Gasteiger partial charge in [-0.15, -0.1) is 0 Å². The van der Waals surface area contributed by atoms with E-state index < -0.39 is 29.6 Å². The van der Waals surface area contributed by atoms with Crippen molar-refractivity contribution >= 4 is 68.9 Å². The fourth-order valence-electron chi connectivity index (χ4n) is 3.47. The SMILES string of the molecule is CCOC(=O)c1cc(NC(=O)CN2C(=O)S/C(=C/c3cccc4ccccc34)C2=O)ccc1Cl. The standard InChI is InChI=1S/C25H19ClN2O5S/c1-2-33-24(31)19-13-17(10-11-20(19)26)27-22(29)14-28-23(30)21(34-25(28)32)12-16-8-5-7-15-6-3-4-9-18(15)16/h3-13H,2,14H2,1H3,(H,27,29)/b21-12+. The molecule has 0 bridgehead atoms. The highest BCUT2D eigenvalue weighted by molar-refractivity contribution is 8.18. The van der Waals surface area contributed by atoms with Crippen LogP contribution in [0.3, 0.4) is 0 Å². The Morgan fingerprint density at radius 3 is 2.65 bits per heavy atom. The predicted octanol–water partition coefficient (Wildman–Crippen LogP) is 5.34. The first-order chi connectivity index (χ1) is 16.4. The van der Waals surface area contributed by atoms with Crippen molar-refractivity contribution in [2.75, 3.05) is 18.5 Å². The summed E-state index contributed by atoms with van der Waals surface area (Å²) in [5.41, 5.74) is 1.20. The lowest BCUT2D eigenvalue weighted by molar-refractivity contribution is -0.127. The largest absolute Gasteiger partial charge is 0.462 e. The number of thioether (sulfide) groups is 1. The van der Waals surface area contributed by atoms with Gasteiger partial charge in [0.05, 0.1) is 22.1 Å². The molecule has 0 atom stereocenters. The third-order valence-electron chi connectivity index (χ3n) is 5.03. The lowest BCUT2D eigenvalue weighted by Crippen LogP contribution is -2.36. The molecule has 3 amide bonds. The molecule has 4 rings (SSSR count). The molecule has 1 heterocycles. The molecule has 7 nitrogen and oxygen atoms in total. The van der Waals surface area contributed by atoms with E-state index in [0.29, 0.717) is 0 Å². The second-order valence-corrected chi connectivity index (χ2v) is 8.70. The lowest BCUT2D eigenvalue weighted by Gasteiger charge is -2.13. The number of rotatable bonds is 6. The maximum absolute atomic E-state index is 12.9. The Morgan fingerprint density at radius 1 is 1.09 bits per heavy atom. The second kappa shape index (κ2) is 10.1. The van der Waals surface area contributed by atoms with E-state index in [-0.39, 0.29) is 27.8 Å². The highest BCUT2D eigenvalue weighted by atomic mass is 35.5. The van der Waals surface area contributed by atoms with Gasteiger partial charge in [-0.3, -0.25) is 19.3 Å². The smallest absolute Gasteiger partial charge is 0.339 e. The Labute approximate surface area is 204 Å². The molecule has 0 radical (unpaired) electrons. The monoisotopic (exact) mass is 494 g/mol. The zero-order chi connectivity index (χ0) is 24.2. The van der Waals surface area contributed by atoms with Crippen molar-refractivity contribution in [3.8, 4) is 0 Å². The van der Waals surface area contributed by atoms with Crippen LogP contribution in [0.25, 0.3) is 16.8 Å². The van der Waals surface area contributed by atoms with Crippen LogP contribution in [0, 0.1) is 0 Å². The molecule has 0 aliphatic carbocycles. The average Bonchev–Trinajstić information content (AvgIpc) is 3.08. The van der Waals surface area contributed by atoms with Crippen LogP contribution in [0.5, 0.6) is 0 Å². The summed E-state index contributed by atoms with van der Waals surface area (Å²) in [6.45, 7) is 1.38. The van der Waals surface area contributed by atoms with Crippen molar-refractivity contribution < 1.29 is 23.9 Å². The quantitative estimate of drug-likeness (QED) is 0.367. The zero-order valence-electron chi connectivity index (χ0n) is 18.0. The number of halogens is 1. The first-order valence-corrected chi connectivity index (χ1v) is 11.6. The van der Waals surface area contributed by atoms with Gasteiger partial charge >= 0.3 is 5.97 Å². The summed E-state index contributed by atoms with van der Waals surface area (Å²) in [4.78, 5) is 51.0. The van der Waals surface area contributed by atoms with Crippen LogP contribution in [0.15, 0.2) is 65.6 Å². The van der Waals surface area contributed by atoms with Gasteiger partial charge < -0.3 is 10.1 Å². The molecule has 1 aliphatic rings. The summed E-state index contributed by atoms with van der Waals surface area (Å²) in [5.74, 6) is -1.75. The number of nitrogens with one attached hydrogen (secondary N) is 1. The first-order valence-electron chi connectivity index (χ1n) is 10.4. The molecule has 1 N–H and O–H groups in total. The molecule has 0 unspecified atom stereocenters. The number of imide groups is 1. The number of carbonyl (C=O) groups is 4. The minimum Gasteiger partial charge on any atom is -0.462 e. The van der Waals surface area contributed by atoms with Gasteiger partial charge in [-0.25, -0.2) is 4.79 Å². The Balaban J connectivity index is 1.48. The summed E-state index contributed by atoms with van der Waals surface area (Å²) >= 11 is 6.83. The normalized spacial score (nSPS) is 14.6. The van der Waals surface area contributed by atoms with Crippen LogP contribution in [0.2, 0.25) is 5.02 Å². The van der Waals surface area contributed by atoms with Gasteiger partial charge in [-0.05, 0) is 59.3 Å². The highest BCUT2D eigenvalue weighted by Crippen LogP contribution is 2.33. The number of fused-ring (bicyclic) bond motifs is 1. The molecule has 34 heavy (non-hydrogen) atoms. The Hall–Kier alpha value is -3.62. The zero-order valence-corrected chi connectivity index (χ0v) is 19.6. The molecule has 0 aromatic heterocycles. The number of esters is 1. The molecule has 0 spiro atoms. The lowest BCUT2D eigenvalue weighted by atomic mass is 10.0. The number of hydrogen-bond acceptors (Lipinski definition) is 6. The maximum Gasteiger partial charge on any atom is 0.339 e. The van der Waals surface area contributed by atoms with E-state index in [9.17, 15) is 19.2 Å². The molecule has 1 aliphatic heterocycles. The average molecular weight is 495 g/mol. The molecule has 1 saturated heterocycles. The summed E-state index contributed by atoms with van der Waals surface area (Å²) in [7, 11) is 0. The highest BCUT2D eigenvalue weighted by Gasteiger charge is 2.36. The van der Waals surface area contributed by atoms with Gasteiger partial charge in [0.2, 0.25) is 5.91 Å². The maximum atomic E-state index is 12.9. The van der Waals surface area contributed by atoms with Crippen molar-refractivity contribution in [2.24, 2.45) is 0 Å². The number of benzene rings is 3. The minimum absolute atomic E-state index is 0.102. The van der Waals surface area contributed by atoms with Gasteiger partial charge in [0.15, 0.2) is 0 Å². The number of anilines is 1. The summed E-state index contributed by atoms with van der Waals surface area (Å²) in [5, 5.41) is 4.20. The fourth-order valence-corrected chi connectivity index (χ4v) is 4.49. The van der Waals surface area contributed by atoms with E-state index in [1.165, 1.54) is 18.2 Å². The molecule has 1 fully saturated rings. The molecular weight excluding hydrogens is 476 g/mol. The van der Waals surface area contributed by atoms with E-state index in [1.807, 2.05) is 42.5 Å². The number of hydrogen-bond donors (Lipinski definition) is 1. The fraction of sp³-hybridized carbons (Fsp3) is 0.120. The Morgan fingerprint density at radius 2 is 1.85 bits per heavy atom. The summed E-state index contributed by atoms with van der Waals surface area (Å²) in [6, 6.07) is 17.8. The van der Waals surface area contributed by atoms with E-state index in [0.717, 1.165) is 33.0 Å². The second-order valence-electron chi connectivity index (χ2n) is 7.30. The third kappa shape index (κ3) is 4.98. The predicted molar refractivity (Wildman–Crippen MR) is 133 cm³/mol. The van der Waals surface area contributed by atoms with E-state index in [1.54, 1.807) is 13.0 Å². The van der Waals surface area contributed by atoms with Crippen molar-refractivity contribution in [1.82, 2.24) is 4.90 Å². The minimum atomic E-state index is -0.617. The molecule has 3 aromatic rings. The summed E-state index contributed by atoms with van der Waals surface area (Å²) in [6.07, 6.45) is 1.66. The third-order valence-corrected chi connectivity index (χ3v) is 6.27. The molecule has 172 valence electrons. The van der Waals surface area contributed by atoms with Gasteiger partial charge in [0.1, 0.15) is 6.54 Å². The van der Waals surface area contributed by atoms with Crippen LogP contribution < -0.4 is 5.32 Å². The van der Waals surface area contributed by atoms with Crippen LogP contribution in [-0.4, -0.2) is 41.1 Å². The summed E-state index contributed by atoms with van der Waals surface area (Å²) < 4.78 is 4.95. The molecule has 0 saturated carbocycles. The van der Waals surface area contributed by atoms with Crippen molar-refractivity contribution in [1.29, 1.82) is 0 Å². The van der Waals surface area contributed by atoms with E-state index in [4.69, 9.17) is 16.3 Å². The van der Waals surface area contributed by atoms with Crippen LogP contribution in [0.1, 0.15) is 22.8 Å². The molecule has 3 aromatic carbocycles. The van der Waals surface area contributed by atoms with E-state index >= 15 is 0 Å². The van der Waals surface area contributed by atoms with Crippen molar-refractivity contribution in [2.45, 2.75) is 6.92 Å². The van der Waals surface area contributed by atoms with Crippen LogP contribution in [-0.2, 0) is 14.3 Å². The number of amides is 3. The number of carbonyl (C=O) groups excluding carboxylic acids is 4. The number of ether oxygens (including phenoxy) is 1. The first kappa shape index (κ1) is 23.5. The van der Waals surface area contributed by atoms with Gasteiger partial charge in [-0.1, -0.05) is 54.1 Å². The Kier molecular flexibility index (Phi) is 7.00. The molecular formula is C25H19ClN2O5S. The number of nitrogens with zero attached hydrogens (tertiary/aromatic N) is 1. The molecule has 9 heteroatoms. The van der Waals surface area contributed by atoms with Gasteiger partial charge in [0.25, 0.3) is 11.1 Å². The van der Waals surface area contributed by atoms with Crippen LogP contribution >= 0.6 is 23.4 Å². The van der Waals surface area contributed by atoms with Gasteiger partial charge in [-0.2, -0.15) is 0 Å². The Bertz CT molecular complexity index is 1350. The van der Waals surface area contributed by atoms with E-state index in [2.05, 4.69) is 5.32 Å². The van der Waals surface area contributed by atoms with Gasteiger partial charge in [0, 0.05) is 5.69 Å². The van der Waals surface area contributed by atoms with Crippen LogP contribution in [0.4, 0.5) is 10.5 Å². The van der Waals surface area contributed by atoms with Crippen molar-refractivity contribution in [3.63, 3.8) is 0 Å².